The van der Waals surface area contributed by atoms with Crippen LogP contribution in [-0.2, 0) is 6.18 Å². The molecule has 0 spiro atoms. The lowest BCUT2D eigenvalue weighted by Gasteiger charge is -2.34. The van der Waals surface area contributed by atoms with E-state index in [1.807, 2.05) is 0 Å². The zero-order valence-corrected chi connectivity index (χ0v) is 15.3. The SMILES string of the molecule is NC1CCCN(c2c(C(F)(F)F)cnc3[nH]cc(NC(=O)c4ccccn4)c23)C1. The predicted octanol–water partition coefficient (Wildman–Crippen LogP) is 3.16. The third-order valence-electron chi connectivity index (χ3n) is 4.90. The van der Waals surface area contributed by atoms with Crippen molar-refractivity contribution < 1.29 is 18.0 Å². The topological polar surface area (TPSA) is 99.9 Å². The number of rotatable bonds is 3. The van der Waals surface area contributed by atoms with Gasteiger partial charge in [0.15, 0.2) is 0 Å². The van der Waals surface area contributed by atoms with Gasteiger partial charge >= 0.3 is 6.18 Å². The molecule has 0 bridgehead atoms. The summed E-state index contributed by atoms with van der Waals surface area (Å²) in [5.41, 5.74) is 5.76. The molecule has 4 rings (SSSR count). The van der Waals surface area contributed by atoms with Crippen LogP contribution in [0.5, 0.6) is 0 Å². The molecule has 1 fully saturated rings. The molecule has 1 aliphatic heterocycles. The van der Waals surface area contributed by atoms with Gasteiger partial charge in [0.2, 0.25) is 0 Å². The first-order valence-corrected chi connectivity index (χ1v) is 9.15. The number of nitrogens with zero attached hydrogens (tertiary/aromatic N) is 3. The average Bonchev–Trinajstić information content (AvgIpc) is 3.10. The van der Waals surface area contributed by atoms with Crippen LogP contribution in [0.1, 0.15) is 28.9 Å². The molecule has 152 valence electrons. The third-order valence-corrected chi connectivity index (χ3v) is 4.90. The number of halogens is 3. The van der Waals surface area contributed by atoms with Crippen LogP contribution in [-0.4, -0.2) is 40.0 Å². The van der Waals surface area contributed by atoms with Crippen LogP contribution >= 0.6 is 0 Å². The number of amides is 1. The Morgan fingerprint density at radius 3 is 2.83 bits per heavy atom. The quantitative estimate of drug-likeness (QED) is 0.623. The minimum Gasteiger partial charge on any atom is -0.369 e. The molecule has 1 atom stereocenters. The fourth-order valence-corrected chi connectivity index (χ4v) is 3.61. The molecule has 29 heavy (non-hydrogen) atoms. The van der Waals surface area contributed by atoms with Gasteiger partial charge in [-0.05, 0) is 25.0 Å². The van der Waals surface area contributed by atoms with Gasteiger partial charge in [-0.25, -0.2) is 4.98 Å². The van der Waals surface area contributed by atoms with Crippen LogP contribution in [0.3, 0.4) is 0 Å². The van der Waals surface area contributed by atoms with Gasteiger partial charge in [0, 0.05) is 37.7 Å². The van der Waals surface area contributed by atoms with E-state index in [1.165, 1.54) is 18.5 Å². The van der Waals surface area contributed by atoms with Crippen molar-refractivity contribution in [2.45, 2.75) is 25.1 Å². The zero-order valence-electron chi connectivity index (χ0n) is 15.3. The predicted molar refractivity (Wildman–Crippen MR) is 103 cm³/mol. The van der Waals surface area contributed by atoms with Crippen molar-refractivity contribution in [3.63, 3.8) is 0 Å². The van der Waals surface area contributed by atoms with E-state index in [-0.39, 0.29) is 34.1 Å². The van der Waals surface area contributed by atoms with Crippen molar-refractivity contribution in [1.82, 2.24) is 15.0 Å². The average molecular weight is 404 g/mol. The summed E-state index contributed by atoms with van der Waals surface area (Å²) >= 11 is 0. The fourth-order valence-electron chi connectivity index (χ4n) is 3.61. The van der Waals surface area contributed by atoms with Gasteiger partial charge in [0.25, 0.3) is 5.91 Å². The molecule has 4 N–H and O–H groups in total. The Morgan fingerprint density at radius 1 is 1.31 bits per heavy atom. The van der Waals surface area contributed by atoms with E-state index >= 15 is 0 Å². The molecule has 3 aromatic rings. The smallest absolute Gasteiger partial charge is 0.369 e. The summed E-state index contributed by atoms with van der Waals surface area (Å²) in [6, 6.07) is 4.62. The molecule has 0 aromatic carbocycles. The zero-order chi connectivity index (χ0) is 20.6. The lowest BCUT2D eigenvalue weighted by atomic mass is 10.0. The molecule has 0 saturated carbocycles. The Kier molecular flexibility index (Phi) is 4.87. The standard InChI is InChI=1S/C19H19F3N6O/c20-19(21,22)12-8-25-17-15(16(12)28-7-3-4-11(23)10-28)14(9-26-17)27-18(29)13-5-1-2-6-24-13/h1-2,5-6,8-9,11H,3-4,7,10,23H2,(H,25,26)(H,27,29). The summed E-state index contributed by atoms with van der Waals surface area (Å²) < 4.78 is 41.4. The first-order valence-electron chi connectivity index (χ1n) is 9.15. The van der Waals surface area contributed by atoms with Crippen LogP contribution in [0.4, 0.5) is 24.5 Å². The van der Waals surface area contributed by atoms with E-state index in [0.717, 1.165) is 12.6 Å². The highest BCUT2D eigenvalue weighted by atomic mass is 19.4. The lowest BCUT2D eigenvalue weighted by molar-refractivity contribution is -0.137. The van der Waals surface area contributed by atoms with E-state index in [2.05, 4.69) is 20.3 Å². The van der Waals surface area contributed by atoms with E-state index < -0.39 is 17.6 Å². The summed E-state index contributed by atoms with van der Waals surface area (Å²) in [4.78, 5) is 24.9. The Hall–Kier alpha value is -3.14. The maximum absolute atomic E-state index is 13.8. The molecular formula is C19H19F3N6O. The number of piperidine rings is 1. The lowest BCUT2D eigenvalue weighted by Crippen LogP contribution is -2.43. The maximum atomic E-state index is 13.8. The number of fused-ring (bicyclic) bond motifs is 1. The largest absolute Gasteiger partial charge is 0.419 e. The van der Waals surface area contributed by atoms with Gasteiger partial charge in [-0.2, -0.15) is 13.2 Å². The Labute approximate surface area is 164 Å². The molecule has 1 aliphatic rings. The maximum Gasteiger partial charge on any atom is 0.419 e. The number of pyridine rings is 2. The number of H-pyrrole nitrogens is 1. The monoisotopic (exact) mass is 404 g/mol. The highest BCUT2D eigenvalue weighted by molar-refractivity contribution is 6.11. The van der Waals surface area contributed by atoms with Gasteiger partial charge < -0.3 is 20.9 Å². The van der Waals surface area contributed by atoms with Gasteiger partial charge in [-0.15, -0.1) is 0 Å². The molecule has 1 unspecified atom stereocenters. The second-order valence-electron chi connectivity index (χ2n) is 6.96. The van der Waals surface area contributed by atoms with Crippen LogP contribution in [0.15, 0.2) is 36.8 Å². The van der Waals surface area contributed by atoms with Crippen molar-refractivity contribution in [1.29, 1.82) is 0 Å². The van der Waals surface area contributed by atoms with Crippen molar-refractivity contribution in [3.8, 4) is 0 Å². The summed E-state index contributed by atoms with van der Waals surface area (Å²) in [6.07, 6.45) is 0.557. The van der Waals surface area contributed by atoms with E-state index in [4.69, 9.17) is 5.73 Å². The molecule has 10 heteroatoms. The van der Waals surface area contributed by atoms with Gasteiger partial charge in [-0.3, -0.25) is 9.78 Å². The molecule has 7 nitrogen and oxygen atoms in total. The van der Waals surface area contributed by atoms with E-state index in [9.17, 15) is 18.0 Å². The second kappa shape index (κ2) is 7.36. The summed E-state index contributed by atoms with van der Waals surface area (Å²) in [6.45, 7) is 0.732. The Balaban J connectivity index is 1.83. The molecule has 0 radical (unpaired) electrons. The Bertz CT molecular complexity index is 1030. The number of aromatic nitrogens is 3. The van der Waals surface area contributed by atoms with Crippen LogP contribution < -0.4 is 16.0 Å². The van der Waals surface area contributed by atoms with Crippen LogP contribution in [0.2, 0.25) is 0 Å². The second-order valence-corrected chi connectivity index (χ2v) is 6.96. The number of anilines is 2. The summed E-state index contributed by atoms with van der Waals surface area (Å²) in [5.74, 6) is -0.523. The molecule has 1 amide bonds. The first kappa shape index (κ1) is 19.2. The molecule has 3 aromatic heterocycles. The van der Waals surface area contributed by atoms with E-state index in [1.54, 1.807) is 17.0 Å². The van der Waals surface area contributed by atoms with Crippen molar-refractivity contribution >= 4 is 28.3 Å². The number of nitrogens with one attached hydrogen (secondary N) is 2. The molecular weight excluding hydrogens is 385 g/mol. The normalized spacial score (nSPS) is 17.5. The van der Waals surface area contributed by atoms with Crippen molar-refractivity contribution in [2.24, 2.45) is 5.73 Å². The number of nitrogens with two attached hydrogens (primary N) is 1. The number of alkyl halides is 3. The van der Waals surface area contributed by atoms with E-state index in [0.29, 0.717) is 19.5 Å². The van der Waals surface area contributed by atoms with Crippen LogP contribution in [0, 0.1) is 0 Å². The number of aromatic amines is 1. The first-order chi connectivity index (χ1) is 13.8. The fraction of sp³-hybridized carbons (Fsp3) is 0.316. The van der Waals surface area contributed by atoms with Gasteiger partial charge in [0.1, 0.15) is 11.3 Å². The van der Waals surface area contributed by atoms with Crippen molar-refractivity contribution in [2.75, 3.05) is 23.3 Å². The van der Waals surface area contributed by atoms with Crippen molar-refractivity contribution in [3.05, 3.63) is 48.0 Å². The summed E-state index contributed by atoms with van der Waals surface area (Å²) in [7, 11) is 0. The third kappa shape index (κ3) is 3.75. The molecule has 4 heterocycles. The number of carbonyl (C=O) groups is 1. The number of carbonyl (C=O) groups excluding carboxylic acids is 1. The molecule has 0 aliphatic carbocycles. The minimum atomic E-state index is -4.60. The minimum absolute atomic E-state index is 0.0183. The van der Waals surface area contributed by atoms with Gasteiger partial charge in [-0.1, -0.05) is 6.07 Å². The number of hydrogen-bond acceptors (Lipinski definition) is 5. The van der Waals surface area contributed by atoms with Crippen LogP contribution in [0.25, 0.3) is 11.0 Å². The summed E-state index contributed by atoms with van der Waals surface area (Å²) in [5, 5.41) is 2.86. The molecule has 1 saturated heterocycles. The Morgan fingerprint density at radius 2 is 2.14 bits per heavy atom. The number of hydrogen-bond donors (Lipinski definition) is 3. The highest BCUT2D eigenvalue weighted by Gasteiger charge is 2.38. The highest BCUT2D eigenvalue weighted by Crippen LogP contribution is 2.43. The van der Waals surface area contributed by atoms with Gasteiger partial charge in [0.05, 0.1) is 22.3 Å².